The van der Waals surface area contributed by atoms with Crippen molar-refractivity contribution in [2.45, 2.75) is 26.3 Å². The number of anilines is 1. The van der Waals surface area contributed by atoms with Crippen molar-refractivity contribution >= 4 is 11.6 Å². The number of hydrogen-bond acceptors (Lipinski definition) is 2. The van der Waals surface area contributed by atoms with Crippen LogP contribution in [0.5, 0.6) is 0 Å². The lowest BCUT2D eigenvalue weighted by Crippen LogP contribution is -2.33. The Morgan fingerprint density at radius 2 is 1.91 bits per heavy atom. The molecule has 1 aliphatic rings. The zero-order valence-corrected chi connectivity index (χ0v) is 13.3. The van der Waals surface area contributed by atoms with E-state index in [1.165, 1.54) is 25.0 Å². The molecule has 3 nitrogen and oxygen atoms in total. The van der Waals surface area contributed by atoms with Crippen molar-refractivity contribution in [3.63, 3.8) is 0 Å². The molecule has 0 saturated heterocycles. The van der Waals surface area contributed by atoms with Gasteiger partial charge in [-0.3, -0.25) is 4.79 Å². The van der Waals surface area contributed by atoms with Gasteiger partial charge in [0.05, 0.1) is 0 Å². The molecule has 2 aromatic carbocycles. The van der Waals surface area contributed by atoms with E-state index in [0.717, 1.165) is 17.7 Å². The van der Waals surface area contributed by atoms with E-state index in [1.807, 2.05) is 17.9 Å². The number of nitrogens with zero attached hydrogens (tertiary/aromatic N) is 1. The maximum Gasteiger partial charge on any atom is 0.254 e. The van der Waals surface area contributed by atoms with Gasteiger partial charge in [0, 0.05) is 24.3 Å². The standard InChI is InChI=1S/C19H21FN2O/c1-13-2-9-17(21)10-18(13)19(23)22(11-14-3-4-14)12-15-5-7-16(20)8-6-15/h2,5-10,14H,3-4,11-12,21H2,1H3. The first-order valence-electron chi connectivity index (χ1n) is 7.93. The second-order valence-electron chi connectivity index (χ2n) is 6.33. The molecule has 120 valence electrons. The fourth-order valence-electron chi connectivity index (χ4n) is 2.68. The van der Waals surface area contributed by atoms with Crippen LogP contribution in [0.25, 0.3) is 0 Å². The molecule has 0 atom stereocenters. The smallest absolute Gasteiger partial charge is 0.254 e. The summed E-state index contributed by atoms with van der Waals surface area (Å²) in [7, 11) is 0. The van der Waals surface area contributed by atoms with E-state index in [9.17, 15) is 9.18 Å². The van der Waals surface area contributed by atoms with Crippen molar-refractivity contribution in [3.8, 4) is 0 Å². The van der Waals surface area contributed by atoms with Gasteiger partial charge in [-0.25, -0.2) is 4.39 Å². The largest absolute Gasteiger partial charge is 0.399 e. The van der Waals surface area contributed by atoms with Crippen molar-refractivity contribution in [1.82, 2.24) is 4.90 Å². The average Bonchev–Trinajstić information content (AvgIpc) is 3.34. The number of nitrogen functional groups attached to an aromatic ring is 1. The monoisotopic (exact) mass is 312 g/mol. The average molecular weight is 312 g/mol. The van der Waals surface area contributed by atoms with Crippen LogP contribution in [0.3, 0.4) is 0 Å². The highest BCUT2D eigenvalue weighted by atomic mass is 19.1. The van der Waals surface area contributed by atoms with Gasteiger partial charge in [0.15, 0.2) is 0 Å². The third-order valence-electron chi connectivity index (χ3n) is 4.24. The summed E-state index contributed by atoms with van der Waals surface area (Å²) in [4.78, 5) is 14.8. The zero-order valence-electron chi connectivity index (χ0n) is 13.3. The molecule has 1 saturated carbocycles. The first-order chi connectivity index (χ1) is 11.0. The van der Waals surface area contributed by atoms with E-state index in [-0.39, 0.29) is 11.7 Å². The highest BCUT2D eigenvalue weighted by Crippen LogP contribution is 2.31. The SMILES string of the molecule is Cc1ccc(N)cc1C(=O)N(Cc1ccc(F)cc1)CC1CC1. The van der Waals surface area contributed by atoms with Crippen molar-refractivity contribution in [2.24, 2.45) is 5.92 Å². The fourth-order valence-corrected chi connectivity index (χ4v) is 2.68. The van der Waals surface area contributed by atoms with Crippen LogP contribution >= 0.6 is 0 Å². The van der Waals surface area contributed by atoms with Crippen LogP contribution in [0.15, 0.2) is 42.5 Å². The second-order valence-corrected chi connectivity index (χ2v) is 6.33. The van der Waals surface area contributed by atoms with Gasteiger partial charge in [-0.1, -0.05) is 18.2 Å². The van der Waals surface area contributed by atoms with Gasteiger partial charge in [0.1, 0.15) is 5.82 Å². The summed E-state index contributed by atoms with van der Waals surface area (Å²) >= 11 is 0. The number of hydrogen-bond donors (Lipinski definition) is 1. The summed E-state index contributed by atoms with van der Waals surface area (Å²) in [5, 5.41) is 0. The molecular weight excluding hydrogens is 291 g/mol. The summed E-state index contributed by atoms with van der Waals surface area (Å²) < 4.78 is 13.1. The number of amides is 1. The number of nitrogens with two attached hydrogens (primary N) is 1. The first kappa shape index (κ1) is 15.5. The van der Waals surface area contributed by atoms with Crippen LogP contribution in [-0.4, -0.2) is 17.4 Å². The fraction of sp³-hybridized carbons (Fsp3) is 0.316. The maximum absolute atomic E-state index is 13.1. The summed E-state index contributed by atoms with van der Waals surface area (Å²) in [5.41, 5.74) is 8.92. The minimum absolute atomic E-state index is 0.00831. The van der Waals surface area contributed by atoms with E-state index in [0.29, 0.717) is 23.7 Å². The van der Waals surface area contributed by atoms with Crippen LogP contribution < -0.4 is 5.73 Å². The second kappa shape index (κ2) is 6.41. The molecule has 1 amide bonds. The molecule has 1 aliphatic carbocycles. The molecule has 3 rings (SSSR count). The third kappa shape index (κ3) is 3.89. The molecule has 0 aliphatic heterocycles. The molecule has 0 spiro atoms. The van der Waals surface area contributed by atoms with E-state index < -0.39 is 0 Å². The number of benzene rings is 2. The molecule has 23 heavy (non-hydrogen) atoms. The molecule has 0 radical (unpaired) electrons. The Hall–Kier alpha value is -2.36. The predicted octanol–water partition coefficient (Wildman–Crippen LogP) is 3.77. The van der Waals surface area contributed by atoms with Gasteiger partial charge < -0.3 is 10.6 Å². The summed E-state index contributed by atoms with van der Waals surface area (Å²) in [6.45, 7) is 3.15. The lowest BCUT2D eigenvalue weighted by Gasteiger charge is -2.24. The normalized spacial score (nSPS) is 13.8. The van der Waals surface area contributed by atoms with E-state index in [2.05, 4.69) is 0 Å². The molecule has 0 bridgehead atoms. The Bertz CT molecular complexity index is 708. The Morgan fingerprint density at radius 1 is 1.22 bits per heavy atom. The Morgan fingerprint density at radius 3 is 2.57 bits per heavy atom. The van der Waals surface area contributed by atoms with Crippen molar-refractivity contribution in [3.05, 3.63) is 65.0 Å². The van der Waals surface area contributed by atoms with Gasteiger partial charge in [-0.05, 0) is 61.1 Å². The van der Waals surface area contributed by atoms with Crippen LogP contribution in [0, 0.1) is 18.7 Å². The van der Waals surface area contributed by atoms with Gasteiger partial charge in [-0.15, -0.1) is 0 Å². The minimum Gasteiger partial charge on any atom is -0.399 e. The molecule has 0 unspecified atom stereocenters. The predicted molar refractivity (Wildman–Crippen MR) is 89.5 cm³/mol. The summed E-state index contributed by atoms with van der Waals surface area (Å²) in [6.07, 6.45) is 2.34. The van der Waals surface area contributed by atoms with Crippen LogP contribution in [0.2, 0.25) is 0 Å². The third-order valence-corrected chi connectivity index (χ3v) is 4.24. The molecular formula is C19H21FN2O. The molecule has 0 aromatic heterocycles. The lowest BCUT2D eigenvalue weighted by atomic mass is 10.1. The molecule has 2 aromatic rings. The van der Waals surface area contributed by atoms with Gasteiger partial charge in [0.2, 0.25) is 0 Å². The van der Waals surface area contributed by atoms with E-state index in [4.69, 9.17) is 5.73 Å². The highest BCUT2D eigenvalue weighted by Gasteiger charge is 2.28. The van der Waals surface area contributed by atoms with Crippen molar-refractivity contribution in [2.75, 3.05) is 12.3 Å². The number of carbonyl (C=O) groups excluding carboxylic acids is 1. The lowest BCUT2D eigenvalue weighted by molar-refractivity contribution is 0.0734. The van der Waals surface area contributed by atoms with Crippen molar-refractivity contribution < 1.29 is 9.18 Å². The number of aryl methyl sites for hydroxylation is 1. The highest BCUT2D eigenvalue weighted by molar-refractivity contribution is 5.96. The van der Waals surface area contributed by atoms with Crippen molar-refractivity contribution in [1.29, 1.82) is 0 Å². The van der Waals surface area contributed by atoms with Crippen LogP contribution in [0.1, 0.15) is 34.3 Å². The summed E-state index contributed by atoms with van der Waals surface area (Å²) in [5.74, 6) is 0.312. The van der Waals surface area contributed by atoms with Gasteiger partial charge in [0.25, 0.3) is 5.91 Å². The Labute approximate surface area is 135 Å². The Kier molecular flexibility index (Phi) is 4.33. The van der Waals surface area contributed by atoms with Crippen LogP contribution in [0.4, 0.5) is 10.1 Å². The molecule has 2 N–H and O–H groups in total. The van der Waals surface area contributed by atoms with E-state index in [1.54, 1.807) is 24.3 Å². The Balaban J connectivity index is 1.84. The molecule has 4 heteroatoms. The first-order valence-corrected chi connectivity index (χ1v) is 7.93. The van der Waals surface area contributed by atoms with Crippen LogP contribution in [-0.2, 0) is 6.54 Å². The number of halogens is 1. The molecule has 0 heterocycles. The number of rotatable bonds is 5. The maximum atomic E-state index is 13.1. The topological polar surface area (TPSA) is 46.3 Å². The number of carbonyl (C=O) groups is 1. The van der Waals surface area contributed by atoms with Gasteiger partial charge in [-0.2, -0.15) is 0 Å². The quantitative estimate of drug-likeness (QED) is 0.854. The minimum atomic E-state index is -0.263. The van der Waals surface area contributed by atoms with E-state index >= 15 is 0 Å². The van der Waals surface area contributed by atoms with Gasteiger partial charge >= 0.3 is 0 Å². The summed E-state index contributed by atoms with van der Waals surface area (Å²) in [6, 6.07) is 11.7. The molecule has 1 fully saturated rings. The zero-order chi connectivity index (χ0) is 16.4.